The number of nitrogens with one attached hydrogen (secondary N) is 1. The molecule has 1 aliphatic carbocycles. The van der Waals surface area contributed by atoms with Gasteiger partial charge in [-0.1, -0.05) is 91.2 Å². The van der Waals surface area contributed by atoms with E-state index in [4.69, 9.17) is 9.47 Å². The van der Waals surface area contributed by atoms with Gasteiger partial charge in [0.15, 0.2) is 11.5 Å². The molecule has 1 atom stereocenters. The van der Waals surface area contributed by atoms with Crippen LogP contribution in [0, 0.1) is 6.92 Å². The Morgan fingerprint density at radius 3 is 2.15 bits per heavy atom. The maximum absolute atomic E-state index is 14.7. The molecule has 0 saturated heterocycles. The zero-order chi connectivity index (χ0) is 33.5. The number of rotatable bonds is 12. The number of anilines is 1. The zero-order valence-corrected chi connectivity index (χ0v) is 27.9. The lowest BCUT2D eigenvalue weighted by molar-refractivity contribution is -0.140. The highest BCUT2D eigenvalue weighted by Crippen LogP contribution is 2.36. The van der Waals surface area contributed by atoms with Gasteiger partial charge in [0.2, 0.25) is 11.8 Å². The van der Waals surface area contributed by atoms with Gasteiger partial charge >= 0.3 is 0 Å². The number of amides is 2. The van der Waals surface area contributed by atoms with E-state index in [0.717, 1.165) is 46.7 Å². The summed E-state index contributed by atoms with van der Waals surface area (Å²) < 4.78 is 41.1. The Bertz CT molecular complexity index is 1810. The van der Waals surface area contributed by atoms with Crippen LogP contribution in [0.1, 0.15) is 42.4 Å². The second-order valence-electron chi connectivity index (χ2n) is 12.4. The molecule has 6 rings (SSSR count). The zero-order valence-electron chi connectivity index (χ0n) is 27.1. The fraction of sp³-hybridized carbons (Fsp3) is 0.316. The summed E-state index contributed by atoms with van der Waals surface area (Å²) in [6, 6.07) is 29.4. The van der Waals surface area contributed by atoms with Gasteiger partial charge in [0.25, 0.3) is 10.0 Å². The molecule has 4 aromatic carbocycles. The number of hydrogen-bond donors (Lipinski definition) is 1. The average Bonchev–Trinajstić information content (AvgIpc) is 3.63. The molecule has 0 unspecified atom stereocenters. The minimum atomic E-state index is -4.22. The monoisotopic (exact) mass is 667 g/mol. The van der Waals surface area contributed by atoms with Gasteiger partial charge in [-0.15, -0.1) is 0 Å². The number of carbonyl (C=O) groups excluding carboxylic acids is 2. The van der Waals surface area contributed by atoms with E-state index in [-0.39, 0.29) is 35.5 Å². The van der Waals surface area contributed by atoms with Gasteiger partial charge in [-0.25, -0.2) is 8.42 Å². The van der Waals surface area contributed by atoms with E-state index in [2.05, 4.69) is 5.32 Å². The number of hydrogen-bond acceptors (Lipinski definition) is 6. The fourth-order valence-electron chi connectivity index (χ4n) is 6.25. The summed E-state index contributed by atoms with van der Waals surface area (Å²) in [5, 5.41) is 3.21. The van der Waals surface area contributed by atoms with Crippen LogP contribution >= 0.6 is 0 Å². The van der Waals surface area contributed by atoms with Crippen LogP contribution in [0.15, 0.2) is 108 Å². The second kappa shape index (κ2) is 14.9. The molecule has 1 saturated carbocycles. The summed E-state index contributed by atoms with van der Waals surface area (Å²) in [6.07, 6.45) is 4.14. The Balaban J connectivity index is 1.40. The fourth-order valence-corrected chi connectivity index (χ4v) is 7.67. The molecule has 0 bridgehead atoms. The van der Waals surface area contributed by atoms with Gasteiger partial charge in [-0.3, -0.25) is 13.9 Å². The van der Waals surface area contributed by atoms with Crippen molar-refractivity contribution in [3.05, 3.63) is 120 Å². The van der Waals surface area contributed by atoms with Crippen LogP contribution in [0.3, 0.4) is 0 Å². The van der Waals surface area contributed by atoms with Crippen LogP contribution in [0.25, 0.3) is 0 Å². The number of nitrogens with zero attached hydrogens (tertiary/aromatic N) is 2. The van der Waals surface area contributed by atoms with E-state index in [1.54, 1.807) is 36.4 Å². The maximum atomic E-state index is 14.7. The molecule has 48 heavy (non-hydrogen) atoms. The molecule has 1 aliphatic heterocycles. The first-order valence-electron chi connectivity index (χ1n) is 16.4. The van der Waals surface area contributed by atoms with Gasteiger partial charge in [-0.2, -0.15) is 0 Å². The Kier molecular flexibility index (Phi) is 10.3. The Hall–Kier alpha value is -4.83. The van der Waals surface area contributed by atoms with Gasteiger partial charge in [0.05, 0.1) is 10.6 Å². The molecule has 250 valence electrons. The van der Waals surface area contributed by atoms with Crippen LogP contribution in [0.5, 0.6) is 11.5 Å². The number of carbonyl (C=O) groups is 2. The first-order valence-corrected chi connectivity index (χ1v) is 17.9. The summed E-state index contributed by atoms with van der Waals surface area (Å²) in [6.45, 7) is 2.28. The summed E-state index contributed by atoms with van der Waals surface area (Å²) in [5.41, 5.74) is 3.04. The molecule has 1 N–H and O–H groups in total. The number of benzene rings is 4. The van der Waals surface area contributed by atoms with Crippen molar-refractivity contribution in [3.8, 4) is 11.5 Å². The van der Waals surface area contributed by atoms with Crippen molar-refractivity contribution < 1.29 is 27.5 Å². The lowest BCUT2D eigenvalue weighted by Gasteiger charge is -2.34. The van der Waals surface area contributed by atoms with Crippen molar-refractivity contribution in [1.29, 1.82) is 0 Å². The van der Waals surface area contributed by atoms with Crippen molar-refractivity contribution in [3.63, 3.8) is 0 Å². The first-order chi connectivity index (χ1) is 23.3. The Labute approximate surface area is 282 Å². The van der Waals surface area contributed by atoms with Gasteiger partial charge in [-0.05, 0) is 55.2 Å². The van der Waals surface area contributed by atoms with Crippen molar-refractivity contribution in [2.24, 2.45) is 0 Å². The highest BCUT2D eigenvalue weighted by Gasteiger charge is 2.36. The molecule has 2 aliphatic rings. The van der Waals surface area contributed by atoms with Crippen molar-refractivity contribution in [2.75, 3.05) is 24.1 Å². The van der Waals surface area contributed by atoms with E-state index in [9.17, 15) is 18.0 Å². The predicted octanol–water partition coefficient (Wildman–Crippen LogP) is 5.66. The third-order valence-corrected chi connectivity index (χ3v) is 10.7. The van der Waals surface area contributed by atoms with Crippen LogP contribution in [0.2, 0.25) is 0 Å². The van der Waals surface area contributed by atoms with Crippen LogP contribution in [-0.4, -0.2) is 57.0 Å². The predicted molar refractivity (Wildman–Crippen MR) is 184 cm³/mol. The molecule has 9 nitrogen and oxygen atoms in total. The largest absolute Gasteiger partial charge is 0.486 e. The lowest BCUT2D eigenvalue weighted by atomic mass is 10.0. The molecular formula is C38H41N3O6S. The molecular weight excluding hydrogens is 627 g/mol. The second-order valence-corrected chi connectivity index (χ2v) is 14.2. The Morgan fingerprint density at radius 2 is 1.46 bits per heavy atom. The van der Waals surface area contributed by atoms with Crippen molar-refractivity contribution in [1.82, 2.24) is 10.2 Å². The summed E-state index contributed by atoms with van der Waals surface area (Å²) >= 11 is 0. The Morgan fingerprint density at radius 1 is 0.812 bits per heavy atom. The summed E-state index contributed by atoms with van der Waals surface area (Å²) in [5.74, 6) is 0.144. The number of aryl methyl sites for hydroxylation is 1. The average molecular weight is 668 g/mol. The molecule has 2 amide bonds. The van der Waals surface area contributed by atoms with E-state index in [1.165, 1.54) is 17.0 Å². The van der Waals surface area contributed by atoms with Crippen LogP contribution in [0.4, 0.5) is 5.69 Å². The molecule has 0 spiro atoms. The SMILES string of the molecule is Cc1ccc(CN(C(=O)CN(c2ccc3c(c2)OCCO3)S(=O)(=O)c2ccccc2)[C@@H](Cc2ccccc2)C(=O)NC2CCCC2)cc1. The molecule has 1 fully saturated rings. The third kappa shape index (κ3) is 7.82. The molecule has 10 heteroatoms. The van der Waals surface area contributed by atoms with Crippen molar-refractivity contribution >= 4 is 27.5 Å². The maximum Gasteiger partial charge on any atom is 0.264 e. The van der Waals surface area contributed by atoms with Crippen LogP contribution < -0.4 is 19.1 Å². The van der Waals surface area contributed by atoms with E-state index in [0.29, 0.717) is 24.7 Å². The summed E-state index contributed by atoms with van der Waals surface area (Å²) in [4.78, 5) is 30.5. The standard InChI is InChI=1S/C38H41N3O6S/c1-28-16-18-30(19-17-28)26-40(34(24-29-10-4-2-5-11-29)38(43)39-31-12-8-9-13-31)37(42)27-41(48(44,45)33-14-6-3-7-15-33)32-20-21-35-36(25-32)47-23-22-46-35/h2-7,10-11,14-21,25,31,34H,8-9,12-13,22-24,26-27H2,1H3,(H,39,43)/t34-/m0/s1. The van der Waals surface area contributed by atoms with Gasteiger partial charge in [0.1, 0.15) is 25.8 Å². The number of fused-ring (bicyclic) bond motifs is 1. The quantitative estimate of drug-likeness (QED) is 0.209. The van der Waals surface area contributed by atoms with E-state index in [1.807, 2.05) is 61.5 Å². The lowest BCUT2D eigenvalue weighted by Crippen LogP contribution is -2.54. The normalized spacial score (nSPS) is 15.0. The van der Waals surface area contributed by atoms with Gasteiger partial charge < -0.3 is 19.7 Å². The molecule has 1 heterocycles. The van der Waals surface area contributed by atoms with Crippen LogP contribution in [-0.2, 0) is 32.6 Å². The highest BCUT2D eigenvalue weighted by atomic mass is 32.2. The van der Waals surface area contributed by atoms with E-state index >= 15 is 0 Å². The van der Waals surface area contributed by atoms with Gasteiger partial charge in [0, 0.05) is 25.1 Å². The minimum absolute atomic E-state index is 0.0394. The molecule has 0 radical (unpaired) electrons. The molecule has 4 aromatic rings. The number of sulfonamides is 1. The topological polar surface area (TPSA) is 105 Å². The van der Waals surface area contributed by atoms with Crippen molar-refractivity contribution in [2.45, 2.75) is 62.6 Å². The summed E-state index contributed by atoms with van der Waals surface area (Å²) in [7, 11) is -4.22. The number of ether oxygens (including phenoxy) is 2. The third-order valence-electron chi connectivity index (χ3n) is 8.87. The molecule has 0 aromatic heterocycles. The highest BCUT2D eigenvalue weighted by molar-refractivity contribution is 7.92. The first kappa shape index (κ1) is 33.1. The smallest absolute Gasteiger partial charge is 0.264 e. The van der Waals surface area contributed by atoms with E-state index < -0.39 is 28.5 Å². The minimum Gasteiger partial charge on any atom is -0.486 e.